The molecule has 0 radical (unpaired) electrons. The van der Waals surface area contributed by atoms with Crippen molar-refractivity contribution >= 4 is 11.8 Å². The van der Waals surface area contributed by atoms with Crippen LogP contribution in [0.15, 0.2) is 0 Å². The number of nitrogens with zero attached hydrogens (tertiary/aromatic N) is 1. The van der Waals surface area contributed by atoms with Gasteiger partial charge >= 0.3 is 0 Å². The molecular formula is C24H39N3O3. The zero-order valence-corrected chi connectivity index (χ0v) is 18.7. The van der Waals surface area contributed by atoms with Gasteiger partial charge in [-0.15, -0.1) is 0 Å². The van der Waals surface area contributed by atoms with Crippen molar-refractivity contribution in [3.8, 4) is 0 Å². The summed E-state index contributed by atoms with van der Waals surface area (Å²) >= 11 is 0. The van der Waals surface area contributed by atoms with E-state index < -0.39 is 5.54 Å². The maximum absolute atomic E-state index is 13.0. The molecule has 2 aliphatic heterocycles. The van der Waals surface area contributed by atoms with Gasteiger partial charge in [-0.3, -0.25) is 14.5 Å². The molecule has 3 N–H and O–H groups in total. The molecule has 0 aromatic carbocycles. The van der Waals surface area contributed by atoms with E-state index in [-0.39, 0.29) is 24.0 Å². The Morgan fingerprint density at radius 3 is 2.23 bits per heavy atom. The standard InChI is InChI=1S/C24H39N3O3/c1-23(2,14-28)25-22(30)13-27-19-3-4-20(27)9-15(8-19)10-21(29)26-24-11-16-5-17(12-24)7-18(24)6-16/h15-20,28H,3-14H2,1-2H3,(H,25,30)(H,26,29)/t15-,16?,17?,18?,19-,20+,24?. The van der Waals surface area contributed by atoms with Crippen molar-refractivity contribution in [2.75, 3.05) is 13.2 Å². The highest BCUT2D eigenvalue weighted by Crippen LogP contribution is 2.60. The first-order valence-corrected chi connectivity index (χ1v) is 12.2. The van der Waals surface area contributed by atoms with Crippen LogP contribution in [0.25, 0.3) is 0 Å². The van der Waals surface area contributed by atoms with Crippen LogP contribution < -0.4 is 10.6 Å². The third kappa shape index (κ3) is 3.79. The maximum atomic E-state index is 13.0. The number of aliphatic hydroxyl groups is 1. The molecule has 6 rings (SSSR count). The highest BCUT2D eigenvalue weighted by atomic mass is 16.3. The topological polar surface area (TPSA) is 81.7 Å². The summed E-state index contributed by atoms with van der Waals surface area (Å²) in [5.74, 6) is 3.19. The number of aliphatic hydroxyl groups excluding tert-OH is 1. The molecule has 2 amide bonds. The molecule has 4 saturated carbocycles. The summed E-state index contributed by atoms with van der Waals surface area (Å²) in [6, 6.07) is 0.835. The lowest BCUT2D eigenvalue weighted by Gasteiger charge is -2.39. The third-order valence-electron chi connectivity index (χ3n) is 9.03. The first-order valence-electron chi connectivity index (χ1n) is 12.2. The minimum atomic E-state index is -0.578. The van der Waals surface area contributed by atoms with Crippen LogP contribution in [-0.2, 0) is 9.59 Å². The summed E-state index contributed by atoms with van der Waals surface area (Å²) < 4.78 is 0. The van der Waals surface area contributed by atoms with Crippen molar-refractivity contribution in [2.24, 2.45) is 23.7 Å². The van der Waals surface area contributed by atoms with Crippen LogP contribution in [0.1, 0.15) is 78.1 Å². The van der Waals surface area contributed by atoms with Crippen molar-refractivity contribution in [2.45, 2.75) is 101 Å². The Bertz CT molecular complexity index is 680. The SMILES string of the molecule is CC(C)(CO)NC(=O)CN1[C@@H]2CC[C@H]1C[C@H](CC(=O)NC13CC4CC(CC1C4)C3)C2. The van der Waals surface area contributed by atoms with Crippen LogP contribution in [0.2, 0.25) is 0 Å². The van der Waals surface area contributed by atoms with Crippen LogP contribution in [0.4, 0.5) is 0 Å². The van der Waals surface area contributed by atoms with Gasteiger partial charge in [-0.25, -0.2) is 0 Å². The summed E-state index contributed by atoms with van der Waals surface area (Å²) in [6.07, 6.45) is 11.5. The lowest BCUT2D eigenvalue weighted by molar-refractivity contribution is -0.127. The second kappa shape index (κ2) is 7.47. The van der Waals surface area contributed by atoms with E-state index in [9.17, 15) is 14.7 Å². The molecule has 0 spiro atoms. The van der Waals surface area contributed by atoms with Gasteiger partial charge in [-0.05, 0) is 95.3 Å². The summed E-state index contributed by atoms with van der Waals surface area (Å²) in [4.78, 5) is 27.8. The van der Waals surface area contributed by atoms with Crippen LogP contribution in [0, 0.1) is 23.7 Å². The zero-order valence-electron chi connectivity index (χ0n) is 18.7. The van der Waals surface area contributed by atoms with E-state index in [1.54, 1.807) is 0 Å². The van der Waals surface area contributed by atoms with Gasteiger partial charge in [-0.1, -0.05) is 0 Å². The molecule has 6 aliphatic rings. The highest BCUT2D eigenvalue weighted by Gasteiger charge is 2.58. The quantitative estimate of drug-likeness (QED) is 0.593. The molecule has 0 aromatic heterocycles. The first-order chi connectivity index (χ1) is 14.2. The molecule has 2 saturated heterocycles. The van der Waals surface area contributed by atoms with Gasteiger partial charge in [-0.2, -0.15) is 0 Å². The Morgan fingerprint density at radius 2 is 1.63 bits per heavy atom. The number of carbonyl (C=O) groups excluding carboxylic acids is 2. The lowest BCUT2D eigenvalue weighted by atomic mass is 9.80. The number of carbonyl (C=O) groups is 2. The molecule has 30 heavy (non-hydrogen) atoms. The van der Waals surface area contributed by atoms with Crippen molar-refractivity contribution in [1.82, 2.24) is 15.5 Å². The second-order valence-corrected chi connectivity index (χ2v) is 11.9. The van der Waals surface area contributed by atoms with Gasteiger partial charge in [0.2, 0.25) is 11.8 Å². The molecule has 6 heteroatoms. The Balaban J connectivity index is 1.13. The lowest BCUT2D eigenvalue weighted by Crippen LogP contribution is -2.53. The zero-order chi connectivity index (χ0) is 21.1. The summed E-state index contributed by atoms with van der Waals surface area (Å²) in [5.41, 5.74) is -0.438. The van der Waals surface area contributed by atoms with Gasteiger partial charge in [0.25, 0.3) is 0 Å². The molecule has 0 aromatic rings. The number of hydrogen-bond donors (Lipinski definition) is 3. The molecular weight excluding hydrogens is 378 g/mol. The van der Waals surface area contributed by atoms with E-state index in [1.165, 1.54) is 32.1 Å². The van der Waals surface area contributed by atoms with E-state index in [2.05, 4.69) is 15.5 Å². The maximum Gasteiger partial charge on any atom is 0.234 e. The average Bonchev–Trinajstić information content (AvgIpc) is 3.13. The fourth-order valence-electron chi connectivity index (χ4n) is 8.03. The van der Waals surface area contributed by atoms with Crippen molar-refractivity contribution < 1.29 is 14.7 Å². The first kappa shape index (κ1) is 20.7. The molecule has 6 bridgehead atoms. The van der Waals surface area contributed by atoms with Gasteiger partial charge < -0.3 is 15.7 Å². The fourth-order valence-corrected chi connectivity index (χ4v) is 8.03. The number of amides is 2. The van der Waals surface area contributed by atoms with Gasteiger partial charge in [0.15, 0.2) is 0 Å². The monoisotopic (exact) mass is 417 g/mol. The summed E-state index contributed by atoms with van der Waals surface area (Å²) in [6.45, 7) is 4.02. The Hall–Kier alpha value is -1.14. The predicted molar refractivity (Wildman–Crippen MR) is 115 cm³/mol. The largest absolute Gasteiger partial charge is 0.394 e. The molecule has 5 atom stereocenters. The van der Waals surface area contributed by atoms with Crippen LogP contribution >= 0.6 is 0 Å². The smallest absolute Gasteiger partial charge is 0.234 e. The summed E-state index contributed by atoms with van der Waals surface area (Å²) in [7, 11) is 0. The molecule has 6 nitrogen and oxygen atoms in total. The van der Waals surface area contributed by atoms with Crippen LogP contribution in [0.3, 0.4) is 0 Å². The van der Waals surface area contributed by atoms with Gasteiger partial charge in [0.05, 0.1) is 18.7 Å². The highest BCUT2D eigenvalue weighted by molar-refractivity contribution is 5.79. The number of hydrogen-bond acceptors (Lipinski definition) is 4. The normalized spacial score (nSPS) is 42.0. The van der Waals surface area contributed by atoms with Crippen molar-refractivity contribution in [3.05, 3.63) is 0 Å². The van der Waals surface area contributed by atoms with Gasteiger partial charge in [0.1, 0.15) is 0 Å². The molecule has 6 fully saturated rings. The number of fused-ring (bicyclic) bond motifs is 2. The molecule has 2 heterocycles. The summed E-state index contributed by atoms with van der Waals surface area (Å²) in [5, 5.41) is 15.9. The number of rotatable bonds is 7. The second-order valence-electron chi connectivity index (χ2n) is 11.9. The third-order valence-corrected chi connectivity index (χ3v) is 9.03. The van der Waals surface area contributed by atoms with E-state index in [1.807, 2.05) is 13.8 Å². The van der Waals surface area contributed by atoms with Crippen molar-refractivity contribution in [1.29, 1.82) is 0 Å². The Kier molecular flexibility index (Phi) is 5.17. The molecule has 168 valence electrons. The Labute approximate surface area is 180 Å². The fraction of sp³-hybridized carbons (Fsp3) is 0.917. The number of piperidine rings is 1. The Morgan fingerprint density at radius 1 is 1.00 bits per heavy atom. The van der Waals surface area contributed by atoms with E-state index in [0.29, 0.717) is 31.0 Å². The molecule has 2 unspecified atom stereocenters. The van der Waals surface area contributed by atoms with E-state index in [4.69, 9.17) is 0 Å². The number of nitrogens with one attached hydrogen (secondary N) is 2. The average molecular weight is 418 g/mol. The predicted octanol–water partition coefficient (Wildman–Crippen LogP) is 2.20. The van der Waals surface area contributed by atoms with E-state index in [0.717, 1.165) is 43.4 Å². The molecule has 4 aliphatic carbocycles. The van der Waals surface area contributed by atoms with E-state index >= 15 is 0 Å². The van der Waals surface area contributed by atoms with Crippen molar-refractivity contribution in [3.63, 3.8) is 0 Å². The van der Waals surface area contributed by atoms with Crippen LogP contribution in [-0.4, -0.2) is 58.1 Å². The van der Waals surface area contributed by atoms with Gasteiger partial charge in [0, 0.05) is 24.0 Å². The van der Waals surface area contributed by atoms with Crippen LogP contribution in [0.5, 0.6) is 0 Å². The minimum absolute atomic E-state index is 0.00619. The minimum Gasteiger partial charge on any atom is -0.394 e.